The van der Waals surface area contributed by atoms with Crippen LogP contribution in [0.1, 0.15) is 30.5 Å². The van der Waals surface area contributed by atoms with Crippen LogP contribution < -0.4 is 11.1 Å². The summed E-state index contributed by atoms with van der Waals surface area (Å²) in [6.45, 7) is 0.438. The van der Waals surface area contributed by atoms with Gasteiger partial charge in [0, 0.05) is 30.4 Å². The van der Waals surface area contributed by atoms with Gasteiger partial charge >= 0.3 is 0 Å². The van der Waals surface area contributed by atoms with E-state index in [1.807, 2.05) is 5.38 Å². The normalized spacial score (nSPS) is 26.5. The molecule has 0 unspecified atom stereocenters. The van der Waals surface area contributed by atoms with E-state index in [1.165, 1.54) is 23.5 Å². The van der Waals surface area contributed by atoms with Gasteiger partial charge in [-0.15, -0.1) is 11.3 Å². The molecule has 2 saturated heterocycles. The largest absolute Gasteiger partial charge is 0.369 e. The minimum Gasteiger partial charge on any atom is -0.369 e. The molecule has 28 heavy (non-hydrogen) atoms. The number of primary amides is 1. The molecule has 0 radical (unpaired) electrons. The predicted molar refractivity (Wildman–Crippen MR) is 104 cm³/mol. The summed E-state index contributed by atoms with van der Waals surface area (Å²) in [5, 5.41) is 4.97. The summed E-state index contributed by atoms with van der Waals surface area (Å²) in [7, 11) is 0. The molecule has 3 N–H and O–H groups in total. The van der Waals surface area contributed by atoms with Gasteiger partial charge in [0.25, 0.3) is 0 Å². The van der Waals surface area contributed by atoms with E-state index in [-0.39, 0.29) is 42.8 Å². The smallest absolute Gasteiger partial charge is 0.231 e. The maximum atomic E-state index is 13.4. The van der Waals surface area contributed by atoms with Crippen LogP contribution in [0.2, 0.25) is 0 Å². The highest BCUT2D eigenvalue weighted by Crippen LogP contribution is 2.51. The van der Waals surface area contributed by atoms with Crippen molar-refractivity contribution < 1.29 is 14.0 Å². The molecular formula is C20H23FN4O2S. The Morgan fingerprint density at radius 2 is 2.25 bits per heavy atom. The van der Waals surface area contributed by atoms with Gasteiger partial charge in [-0.1, -0.05) is 12.1 Å². The Morgan fingerprint density at radius 1 is 1.39 bits per heavy atom. The average molecular weight is 402 g/mol. The molecule has 4 rings (SSSR count). The zero-order valence-corrected chi connectivity index (χ0v) is 16.3. The quantitative estimate of drug-likeness (QED) is 0.740. The van der Waals surface area contributed by atoms with Gasteiger partial charge < -0.3 is 11.1 Å². The third-order valence-corrected chi connectivity index (χ3v) is 6.63. The van der Waals surface area contributed by atoms with Crippen molar-refractivity contribution in [1.82, 2.24) is 15.2 Å². The number of carbonyl (C=O) groups is 2. The fraction of sp³-hybridized carbons (Fsp3) is 0.450. The number of fused-ring (bicyclic) bond motifs is 2. The zero-order valence-electron chi connectivity index (χ0n) is 15.4. The number of nitrogens with zero attached hydrogens (tertiary/aromatic N) is 2. The Hall–Kier alpha value is -2.32. The van der Waals surface area contributed by atoms with Crippen molar-refractivity contribution in [1.29, 1.82) is 0 Å². The van der Waals surface area contributed by atoms with E-state index in [2.05, 4.69) is 15.2 Å². The highest BCUT2D eigenvalue weighted by atomic mass is 32.1. The monoisotopic (exact) mass is 402 g/mol. The lowest BCUT2D eigenvalue weighted by Gasteiger charge is -2.36. The minimum absolute atomic E-state index is 0.0424. The van der Waals surface area contributed by atoms with Crippen LogP contribution in [0, 0.1) is 11.2 Å². The molecule has 2 amide bonds. The molecule has 2 fully saturated rings. The van der Waals surface area contributed by atoms with E-state index in [4.69, 9.17) is 5.73 Å². The van der Waals surface area contributed by atoms with Crippen molar-refractivity contribution in [2.45, 2.75) is 44.3 Å². The zero-order chi connectivity index (χ0) is 19.7. The van der Waals surface area contributed by atoms with Crippen LogP contribution in [0.25, 0.3) is 0 Å². The standard InChI is InChI=1S/C20H23FN4O2S/c21-14-3-1-2-13(6-14)9-23-19(27)20(7-15-11-28-12-24-15)8-16-4-5-17(20)25(16)10-18(22)26/h1-3,6,11-12,16-17H,4-5,7-10H2,(H2,22,26)(H,23,27)/t16-,17+,20+/m1/s1. The van der Waals surface area contributed by atoms with Crippen LogP contribution in [0.3, 0.4) is 0 Å². The van der Waals surface area contributed by atoms with Crippen LogP contribution in [0.4, 0.5) is 4.39 Å². The topological polar surface area (TPSA) is 88.3 Å². The summed E-state index contributed by atoms with van der Waals surface area (Å²) >= 11 is 1.50. The number of nitrogens with two attached hydrogens (primary N) is 1. The van der Waals surface area contributed by atoms with Gasteiger partial charge in [0.1, 0.15) is 5.82 Å². The van der Waals surface area contributed by atoms with Gasteiger partial charge in [-0.25, -0.2) is 9.37 Å². The van der Waals surface area contributed by atoms with Crippen molar-refractivity contribution in [3.63, 3.8) is 0 Å². The number of aromatic nitrogens is 1. The number of rotatable bonds is 7. The van der Waals surface area contributed by atoms with E-state index in [1.54, 1.807) is 17.6 Å². The second-order valence-corrected chi connectivity index (χ2v) is 8.43. The molecule has 0 aliphatic carbocycles. The molecule has 2 aliphatic rings. The van der Waals surface area contributed by atoms with Gasteiger partial charge in [-0.3, -0.25) is 14.5 Å². The van der Waals surface area contributed by atoms with Crippen LogP contribution >= 0.6 is 11.3 Å². The fourth-order valence-electron chi connectivity index (χ4n) is 4.89. The number of hydrogen-bond donors (Lipinski definition) is 2. The Bertz CT molecular complexity index is 875. The van der Waals surface area contributed by atoms with Gasteiger partial charge in [0.2, 0.25) is 11.8 Å². The molecule has 2 bridgehead atoms. The number of carbonyl (C=O) groups excluding carboxylic acids is 2. The molecule has 6 nitrogen and oxygen atoms in total. The number of amides is 2. The number of nitrogens with one attached hydrogen (secondary N) is 1. The number of thiazole rings is 1. The molecule has 3 atom stereocenters. The second kappa shape index (κ2) is 7.60. The van der Waals surface area contributed by atoms with Crippen molar-refractivity contribution in [2.75, 3.05) is 6.54 Å². The average Bonchev–Trinajstić information content (AvgIpc) is 3.36. The lowest BCUT2D eigenvalue weighted by molar-refractivity contribution is -0.133. The predicted octanol–water partition coefficient (Wildman–Crippen LogP) is 1.85. The Morgan fingerprint density at radius 3 is 2.96 bits per heavy atom. The van der Waals surface area contributed by atoms with Crippen molar-refractivity contribution in [3.05, 3.63) is 52.2 Å². The first-order chi connectivity index (χ1) is 13.5. The van der Waals surface area contributed by atoms with Crippen molar-refractivity contribution in [2.24, 2.45) is 11.1 Å². The molecule has 1 aromatic carbocycles. The van der Waals surface area contributed by atoms with E-state index in [0.717, 1.165) is 18.5 Å². The van der Waals surface area contributed by atoms with Gasteiger partial charge in [0.15, 0.2) is 0 Å². The highest BCUT2D eigenvalue weighted by Gasteiger charge is 2.59. The van der Waals surface area contributed by atoms with Crippen molar-refractivity contribution in [3.8, 4) is 0 Å². The molecule has 3 heterocycles. The number of halogens is 1. The van der Waals surface area contributed by atoms with E-state index in [9.17, 15) is 14.0 Å². The summed E-state index contributed by atoms with van der Waals surface area (Å²) in [5.41, 5.74) is 8.16. The third kappa shape index (κ3) is 3.54. The lowest BCUT2D eigenvalue weighted by Crippen LogP contribution is -2.51. The van der Waals surface area contributed by atoms with Crippen LogP contribution in [-0.2, 0) is 22.6 Å². The summed E-state index contributed by atoms with van der Waals surface area (Å²) in [6.07, 6.45) is 3.03. The molecular weight excluding hydrogens is 379 g/mol. The van der Waals surface area contributed by atoms with Crippen LogP contribution in [0.5, 0.6) is 0 Å². The molecule has 8 heteroatoms. The number of benzene rings is 1. The molecule has 0 spiro atoms. The Labute approximate surface area is 166 Å². The van der Waals surface area contributed by atoms with Crippen LogP contribution in [-0.4, -0.2) is 40.3 Å². The number of hydrogen-bond acceptors (Lipinski definition) is 5. The second-order valence-electron chi connectivity index (χ2n) is 7.72. The first-order valence-electron chi connectivity index (χ1n) is 9.42. The van der Waals surface area contributed by atoms with Gasteiger partial charge in [-0.2, -0.15) is 0 Å². The Kier molecular flexibility index (Phi) is 5.16. The van der Waals surface area contributed by atoms with E-state index in [0.29, 0.717) is 18.4 Å². The maximum absolute atomic E-state index is 13.4. The first-order valence-corrected chi connectivity index (χ1v) is 10.4. The fourth-order valence-corrected chi connectivity index (χ4v) is 5.45. The highest BCUT2D eigenvalue weighted by molar-refractivity contribution is 7.07. The first kappa shape index (κ1) is 19.0. The molecule has 148 valence electrons. The van der Waals surface area contributed by atoms with E-state index >= 15 is 0 Å². The summed E-state index contributed by atoms with van der Waals surface area (Å²) < 4.78 is 13.4. The van der Waals surface area contributed by atoms with Crippen molar-refractivity contribution >= 4 is 23.2 Å². The minimum atomic E-state index is -0.653. The molecule has 2 aliphatic heterocycles. The summed E-state index contributed by atoms with van der Waals surface area (Å²) in [5.74, 6) is -0.760. The molecule has 0 saturated carbocycles. The van der Waals surface area contributed by atoms with Gasteiger partial charge in [-0.05, 0) is 37.0 Å². The Balaban J connectivity index is 1.57. The maximum Gasteiger partial charge on any atom is 0.231 e. The summed E-state index contributed by atoms with van der Waals surface area (Å²) in [6, 6.07) is 6.36. The van der Waals surface area contributed by atoms with E-state index < -0.39 is 5.41 Å². The molecule has 2 aromatic rings. The third-order valence-electron chi connectivity index (χ3n) is 5.99. The molecule has 1 aromatic heterocycles. The lowest BCUT2D eigenvalue weighted by atomic mass is 9.70. The SMILES string of the molecule is NC(=O)CN1[C@@H]2CC[C@H]1[C@@](Cc1cscn1)(C(=O)NCc1cccc(F)c1)C2. The summed E-state index contributed by atoms with van der Waals surface area (Å²) in [4.78, 5) is 31.4. The van der Waals surface area contributed by atoms with Crippen LogP contribution in [0.15, 0.2) is 35.2 Å². The van der Waals surface area contributed by atoms with Gasteiger partial charge in [0.05, 0.1) is 23.2 Å².